The van der Waals surface area contributed by atoms with E-state index in [-0.39, 0.29) is 30.6 Å². The van der Waals surface area contributed by atoms with Crippen LogP contribution in [0.4, 0.5) is 5.69 Å². The van der Waals surface area contributed by atoms with Crippen LogP contribution >= 0.6 is 0 Å². The number of rotatable bonds is 6. The second kappa shape index (κ2) is 8.36. The Morgan fingerprint density at radius 2 is 1.90 bits per heavy atom. The molecule has 3 aromatic rings. The van der Waals surface area contributed by atoms with Crippen LogP contribution in [-0.4, -0.2) is 39.9 Å². The van der Waals surface area contributed by atoms with Crippen molar-refractivity contribution < 1.29 is 14.4 Å². The van der Waals surface area contributed by atoms with Crippen LogP contribution in [0.5, 0.6) is 0 Å². The molecule has 1 atom stereocenters. The van der Waals surface area contributed by atoms with Crippen molar-refractivity contribution in [1.29, 1.82) is 0 Å². The highest BCUT2D eigenvalue weighted by molar-refractivity contribution is 6.09. The van der Waals surface area contributed by atoms with Gasteiger partial charge in [0.05, 0.1) is 22.3 Å². The molecule has 2 heterocycles. The fourth-order valence-corrected chi connectivity index (χ4v) is 3.61. The summed E-state index contributed by atoms with van der Waals surface area (Å²) in [5.74, 6) is 0.0826. The van der Waals surface area contributed by atoms with Gasteiger partial charge in [0.15, 0.2) is 0 Å². The van der Waals surface area contributed by atoms with Gasteiger partial charge in [-0.15, -0.1) is 0 Å². The number of amides is 3. The minimum Gasteiger partial charge on any atom is -0.356 e. The third kappa shape index (κ3) is 4.03. The van der Waals surface area contributed by atoms with Gasteiger partial charge in [-0.3, -0.25) is 14.4 Å². The maximum absolute atomic E-state index is 12.4. The Bertz CT molecular complexity index is 1120. The van der Waals surface area contributed by atoms with Crippen molar-refractivity contribution >= 4 is 34.4 Å². The number of nitrogens with one attached hydrogen (secondary N) is 3. The number of fused-ring (bicyclic) bond motifs is 2. The third-order valence-electron chi connectivity index (χ3n) is 5.26. The summed E-state index contributed by atoms with van der Waals surface area (Å²) in [6.45, 7) is 0.449. The molecule has 0 aliphatic carbocycles. The summed E-state index contributed by atoms with van der Waals surface area (Å²) in [7, 11) is 1.96. The Balaban J connectivity index is 1.28. The monoisotopic (exact) mass is 405 g/mol. The van der Waals surface area contributed by atoms with Crippen molar-refractivity contribution in [2.24, 2.45) is 7.05 Å². The van der Waals surface area contributed by atoms with Gasteiger partial charge in [-0.1, -0.05) is 24.3 Å². The van der Waals surface area contributed by atoms with Gasteiger partial charge in [-0.25, -0.2) is 4.98 Å². The SMILES string of the molecule is Cn1c(CCNC(=O)CCC2NC(=O)c3ccccc3NC2=O)nc2ccccc21. The van der Waals surface area contributed by atoms with Gasteiger partial charge in [0.25, 0.3) is 5.91 Å². The summed E-state index contributed by atoms with van der Waals surface area (Å²) in [5, 5.41) is 8.31. The summed E-state index contributed by atoms with van der Waals surface area (Å²) < 4.78 is 2.02. The minimum absolute atomic E-state index is 0.136. The van der Waals surface area contributed by atoms with Crippen molar-refractivity contribution in [3.05, 3.63) is 59.9 Å². The van der Waals surface area contributed by atoms with E-state index < -0.39 is 6.04 Å². The molecular formula is C22H23N5O3. The molecule has 2 aromatic carbocycles. The van der Waals surface area contributed by atoms with Gasteiger partial charge in [-0.05, 0) is 30.7 Å². The van der Waals surface area contributed by atoms with Crippen LogP contribution in [0.1, 0.15) is 29.0 Å². The predicted octanol–water partition coefficient (Wildman–Crippen LogP) is 1.76. The number of carbonyl (C=O) groups excluding carboxylic acids is 3. The van der Waals surface area contributed by atoms with Gasteiger partial charge >= 0.3 is 0 Å². The molecule has 1 aromatic heterocycles. The zero-order valence-electron chi connectivity index (χ0n) is 16.6. The second-order valence-corrected chi connectivity index (χ2v) is 7.28. The second-order valence-electron chi connectivity index (χ2n) is 7.28. The smallest absolute Gasteiger partial charge is 0.254 e. The molecule has 0 radical (unpaired) electrons. The molecule has 1 unspecified atom stereocenters. The minimum atomic E-state index is -0.754. The number of benzene rings is 2. The number of hydrogen-bond donors (Lipinski definition) is 3. The molecular weight excluding hydrogens is 382 g/mol. The van der Waals surface area contributed by atoms with E-state index in [2.05, 4.69) is 20.9 Å². The summed E-state index contributed by atoms with van der Waals surface area (Å²) in [5.41, 5.74) is 2.88. The van der Waals surface area contributed by atoms with E-state index in [9.17, 15) is 14.4 Å². The fourth-order valence-electron chi connectivity index (χ4n) is 3.61. The number of aromatic nitrogens is 2. The number of anilines is 1. The molecule has 8 nitrogen and oxygen atoms in total. The molecule has 0 saturated heterocycles. The Hall–Kier alpha value is -3.68. The average Bonchev–Trinajstić information content (AvgIpc) is 3.00. The normalized spacial score (nSPS) is 15.8. The first kappa shape index (κ1) is 19.6. The van der Waals surface area contributed by atoms with E-state index >= 15 is 0 Å². The number of aryl methyl sites for hydroxylation is 1. The topological polar surface area (TPSA) is 105 Å². The molecule has 0 fully saturated rings. The van der Waals surface area contributed by atoms with Crippen LogP contribution in [0.3, 0.4) is 0 Å². The number of carbonyl (C=O) groups is 3. The number of imidazole rings is 1. The van der Waals surface area contributed by atoms with Gasteiger partial charge in [0.2, 0.25) is 11.8 Å². The zero-order valence-corrected chi connectivity index (χ0v) is 16.6. The van der Waals surface area contributed by atoms with Crippen molar-refractivity contribution in [1.82, 2.24) is 20.2 Å². The van der Waals surface area contributed by atoms with Crippen LogP contribution in [0.25, 0.3) is 11.0 Å². The van der Waals surface area contributed by atoms with Crippen LogP contribution in [0, 0.1) is 0 Å². The van der Waals surface area contributed by atoms with E-state index in [1.54, 1.807) is 24.3 Å². The lowest BCUT2D eigenvalue weighted by Crippen LogP contribution is -2.42. The van der Waals surface area contributed by atoms with E-state index in [0.29, 0.717) is 24.2 Å². The fraction of sp³-hybridized carbons (Fsp3) is 0.273. The summed E-state index contributed by atoms with van der Waals surface area (Å²) >= 11 is 0. The highest BCUT2D eigenvalue weighted by Crippen LogP contribution is 2.19. The Morgan fingerprint density at radius 3 is 2.73 bits per heavy atom. The quantitative estimate of drug-likeness (QED) is 0.581. The van der Waals surface area contributed by atoms with E-state index in [1.165, 1.54) is 0 Å². The number of para-hydroxylation sites is 3. The Morgan fingerprint density at radius 1 is 1.13 bits per heavy atom. The molecule has 3 amide bonds. The van der Waals surface area contributed by atoms with Gasteiger partial charge in [0.1, 0.15) is 11.9 Å². The lowest BCUT2D eigenvalue weighted by Gasteiger charge is -2.14. The van der Waals surface area contributed by atoms with Crippen LogP contribution in [0.2, 0.25) is 0 Å². The van der Waals surface area contributed by atoms with Crippen molar-refractivity contribution in [2.45, 2.75) is 25.3 Å². The van der Waals surface area contributed by atoms with Gasteiger partial charge in [0, 0.05) is 26.4 Å². The average molecular weight is 405 g/mol. The number of hydrogen-bond acceptors (Lipinski definition) is 4. The van der Waals surface area contributed by atoms with Crippen molar-refractivity contribution in [2.75, 3.05) is 11.9 Å². The standard InChI is InChI=1S/C22H23N5O3/c1-27-18-9-5-4-8-16(18)24-19(27)12-13-23-20(28)11-10-17-22(30)25-15-7-3-2-6-14(15)21(29)26-17/h2-9,17H,10-13H2,1H3,(H,23,28)(H,25,30)(H,26,29). The van der Waals surface area contributed by atoms with E-state index in [4.69, 9.17) is 0 Å². The first-order valence-electron chi connectivity index (χ1n) is 9.90. The summed E-state index contributed by atoms with van der Waals surface area (Å²) in [6.07, 6.45) is 0.966. The van der Waals surface area contributed by atoms with Crippen LogP contribution in [0.15, 0.2) is 48.5 Å². The van der Waals surface area contributed by atoms with Gasteiger partial charge < -0.3 is 20.5 Å². The lowest BCUT2D eigenvalue weighted by atomic mass is 10.1. The molecule has 8 heteroatoms. The van der Waals surface area contributed by atoms with Crippen LogP contribution in [-0.2, 0) is 23.1 Å². The molecule has 4 rings (SSSR count). The molecule has 1 aliphatic heterocycles. The zero-order chi connectivity index (χ0) is 21.1. The number of nitrogens with zero attached hydrogens (tertiary/aromatic N) is 2. The first-order chi connectivity index (χ1) is 14.5. The third-order valence-corrected chi connectivity index (χ3v) is 5.26. The molecule has 1 aliphatic rings. The highest BCUT2D eigenvalue weighted by Gasteiger charge is 2.27. The highest BCUT2D eigenvalue weighted by atomic mass is 16.2. The maximum Gasteiger partial charge on any atom is 0.254 e. The van der Waals surface area contributed by atoms with Crippen LogP contribution < -0.4 is 16.0 Å². The van der Waals surface area contributed by atoms with Gasteiger partial charge in [-0.2, -0.15) is 0 Å². The van der Waals surface area contributed by atoms with Crippen molar-refractivity contribution in [3.63, 3.8) is 0 Å². The molecule has 0 saturated carbocycles. The molecule has 0 bridgehead atoms. The molecule has 154 valence electrons. The molecule has 0 spiro atoms. The molecule has 3 N–H and O–H groups in total. The Labute approximate surface area is 173 Å². The van der Waals surface area contributed by atoms with E-state index in [0.717, 1.165) is 16.9 Å². The molecule has 30 heavy (non-hydrogen) atoms. The lowest BCUT2D eigenvalue weighted by molar-refractivity contribution is -0.121. The summed E-state index contributed by atoms with van der Waals surface area (Å²) in [6, 6.07) is 14.0. The van der Waals surface area contributed by atoms with E-state index in [1.807, 2.05) is 35.9 Å². The van der Waals surface area contributed by atoms with Crippen molar-refractivity contribution in [3.8, 4) is 0 Å². The first-order valence-corrected chi connectivity index (χ1v) is 9.90. The summed E-state index contributed by atoms with van der Waals surface area (Å²) in [4.78, 5) is 41.5. The predicted molar refractivity (Wildman–Crippen MR) is 113 cm³/mol. The Kier molecular flexibility index (Phi) is 5.47. The maximum atomic E-state index is 12.4. The largest absolute Gasteiger partial charge is 0.356 e.